The van der Waals surface area contributed by atoms with Gasteiger partial charge in [-0.15, -0.1) is 0 Å². The molecule has 1 aromatic rings. The normalized spacial score (nSPS) is 22.2. The second-order valence-electron chi connectivity index (χ2n) is 6.88. The zero-order valence-electron chi connectivity index (χ0n) is 14.8. The van der Waals surface area contributed by atoms with Crippen molar-refractivity contribution in [3.05, 3.63) is 29.8 Å². The molecule has 1 heterocycles. The highest BCUT2D eigenvalue weighted by molar-refractivity contribution is 6.10. The van der Waals surface area contributed by atoms with E-state index in [0.29, 0.717) is 17.7 Å². The molecule has 26 heavy (non-hydrogen) atoms. The van der Waals surface area contributed by atoms with E-state index in [0.717, 1.165) is 17.7 Å². The largest absolute Gasteiger partial charge is 0.349 e. The molecule has 3 N–H and O–H groups in total. The molecule has 1 aliphatic carbocycles. The first-order valence-electron chi connectivity index (χ1n) is 8.67. The van der Waals surface area contributed by atoms with Gasteiger partial charge in [0.25, 0.3) is 11.8 Å². The Balaban J connectivity index is 1.62. The van der Waals surface area contributed by atoms with Gasteiger partial charge in [-0.3, -0.25) is 19.3 Å². The summed E-state index contributed by atoms with van der Waals surface area (Å²) in [4.78, 5) is 49.5. The maximum Gasteiger partial charge on any atom is 0.325 e. The molecule has 8 heteroatoms. The van der Waals surface area contributed by atoms with Crippen molar-refractivity contribution in [2.24, 2.45) is 0 Å². The Bertz CT molecular complexity index is 774. The molecule has 1 saturated carbocycles. The van der Waals surface area contributed by atoms with Crippen molar-refractivity contribution in [2.45, 2.75) is 44.7 Å². The molecular weight excluding hydrogens is 336 g/mol. The van der Waals surface area contributed by atoms with Crippen LogP contribution in [0.4, 0.5) is 10.5 Å². The Kier molecular flexibility index (Phi) is 4.67. The molecule has 138 valence electrons. The van der Waals surface area contributed by atoms with E-state index in [-0.39, 0.29) is 18.5 Å². The molecule has 0 bridgehead atoms. The first kappa shape index (κ1) is 17.9. The monoisotopic (exact) mass is 358 g/mol. The summed E-state index contributed by atoms with van der Waals surface area (Å²) in [5.41, 5.74) is -0.0925. The number of rotatable bonds is 6. The highest BCUT2D eigenvalue weighted by Gasteiger charge is 2.46. The zero-order chi connectivity index (χ0) is 18.9. The van der Waals surface area contributed by atoms with Crippen LogP contribution in [-0.2, 0) is 9.59 Å². The third kappa shape index (κ3) is 3.68. The third-order valence-corrected chi connectivity index (χ3v) is 4.68. The van der Waals surface area contributed by atoms with Gasteiger partial charge in [-0.05, 0) is 44.4 Å². The summed E-state index contributed by atoms with van der Waals surface area (Å²) in [5, 5.41) is 8.11. The second kappa shape index (κ2) is 6.78. The fourth-order valence-electron chi connectivity index (χ4n) is 2.71. The smallest absolute Gasteiger partial charge is 0.325 e. The lowest BCUT2D eigenvalue weighted by Crippen LogP contribution is -2.44. The Labute approximate surface area is 151 Å². The molecule has 0 aromatic heterocycles. The van der Waals surface area contributed by atoms with Gasteiger partial charge in [0, 0.05) is 17.3 Å². The lowest BCUT2D eigenvalue weighted by molar-refractivity contribution is -0.133. The van der Waals surface area contributed by atoms with Crippen molar-refractivity contribution in [3.8, 4) is 0 Å². The predicted molar refractivity (Wildman–Crippen MR) is 94.5 cm³/mol. The number of nitrogens with zero attached hydrogens (tertiary/aromatic N) is 1. The van der Waals surface area contributed by atoms with Gasteiger partial charge in [-0.25, -0.2) is 4.79 Å². The van der Waals surface area contributed by atoms with E-state index in [2.05, 4.69) is 16.0 Å². The Morgan fingerprint density at radius 1 is 1.31 bits per heavy atom. The summed E-state index contributed by atoms with van der Waals surface area (Å²) in [7, 11) is 0. The minimum Gasteiger partial charge on any atom is -0.349 e. The summed E-state index contributed by atoms with van der Waals surface area (Å²) in [6.45, 7) is 3.05. The summed E-state index contributed by atoms with van der Waals surface area (Å²) >= 11 is 0. The van der Waals surface area contributed by atoms with Gasteiger partial charge in [0.1, 0.15) is 12.1 Å². The van der Waals surface area contributed by atoms with Crippen molar-refractivity contribution in [1.29, 1.82) is 0 Å². The van der Waals surface area contributed by atoms with Crippen LogP contribution in [0.15, 0.2) is 24.3 Å². The van der Waals surface area contributed by atoms with Gasteiger partial charge in [-0.1, -0.05) is 13.0 Å². The number of urea groups is 1. The van der Waals surface area contributed by atoms with E-state index in [4.69, 9.17) is 0 Å². The third-order valence-electron chi connectivity index (χ3n) is 4.68. The van der Waals surface area contributed by atoms with Crippen LogP contribution in [-0.4, -0.2) is 46.8 Å². The standard InChI is InChI=1S/C18H22N4O4/c1-3-18(2)16(25)22(17(26)21-18)10-14(23)19-13-6-4-5-11(9-13)15(24)20-12-7-8-12/h4-6,9,12H,3,7-8,10H2,1-2H3,(H,19,23)(H,20,24)(H,21,26)/t18-/m0/s1. The molecule has 0 spiro atoms. The Morgan fingerprint density at radius 3 is 2.65 bits per heavy atom. The van der Waals surface area contributed by atoms with Gasteiger partial charge in [0.15, 0.2) is 0 Å². The van der Waals surface area contributed by atoms with Gasteiger partial charge >= 0.3 is 6.03 Å². The second-order valence-corrected chi connectivity index (χ2v) is 6.88. The number of nitrogens with one attached hydrogen (secondary N) is 3. The van der Waals surface area contributed by atoms with E-state index in [1.54, 1.807) is 38.1 Å². The summed E-state index contributed by atoms with van der Waals surface area (Å²) in [6, 6.07) is 6.21. The summed E-state index contributed by atoms with van der Waals surface area (Å²) < 4.78 is 0. The predicted octanol–water partition coefficient (Wildman–Crippen LogP) is 1.24. The van der Waals surface area contributed by atoms with Gasteiger partial charge in [0.05, 0.1) is 0 Å². The van der Waals surface area contributed by atoms with Crippen molar-refractivity contribution in [1.82, 2.24) is 15.5 Å². The van der Waals surface area contributed by atoms with Crippen LogP contribution < -0.4 is 16.0 Å². The van der Waals surface area contributed by atoms with E-state index in [1.165, 1.54) is 0 Å². The average molecular weight is 358 g/mol. The molecular formula is C18H22N4O4. The van der Waals surface area contributed by atoms with Gasteiger partial charge < -0.3 is 16.0 Å². The van der Waals surface area contributed by atoms with Crippen LogP contribution in [0, 0.1) is 0 Å². The van der Waals surface area contributed by atoms with Crippen LogP contribution in [0.5, 0.6) is 0 Å². The topological polar surface area (TPSA) is 108 Å². The Hall–Kier alpha value is -2.90. The molecule has 0 unspecified atom stereocenters. The zero-order valence-corrected chi connectivity index (χ0v) is 14.8. The van der Waals surface area contributed by atoms with E-state index in [9.17, 15) is 19.2 Å². The molecule has 2 aliphatic rings. The lowest BCUT2D eigenvalue weighted by atomic mass is 9.99. The lowest BCUT2D eigenvalue weighted by Gasteiger charge is -2.19. The van der Waals surface area contributed by atoms with Crippen LogP contribution in [0.1, 0.15) is 43.5 Å². The molecule has 2 fully saturated rings. The highest BCUT2D eigenvalue weighted by Crippen LogP contribution is 2.21. The van der Waals surface area contributed by atoms with Crippen LogP contribution in [0.3, 0.4) is 0 Å². The molecule has 5 amide bonds. The maximum atomic E-state index is 12.3. The fourth-order valence-corrected chi connectivity index (χ4v) is 2.71. The maximum absolute atomic E-state index is 12.3. The number of hydrogen-bond acceptors (Lipinski definition) is 4. The van der Waals surface area contributed by atoms with E-state index >= 15 is 0 Å². The molecule has 1 aromatic carbocycles. The molecule has 1 saturated heterocycles. The Morgan fingerprint density at radius 2 is 2.04 bits per heavy atom. The van der Waals surface area contributed by atoms with Gasteiger partial charge in [0.2, 0.25) is 5.91 Å². The van der Waals surface area contributed by atoms with Gasteiger partial charge in [-0.2, -0.15) is 0 Å². The minimum atomic E-state index is -0.974. The minimum absolute atomic E-state index is 0.184. The SMILES string of the molecule is CC[C@]1(C)NC(=O)N(CC(=O)Nc2cccc(C(=O)NC3CC3)c2)C1=O. The number of carbonyl (C=O) groups is 4. The molecule has 1 aliphatic heterocycles. The van der Waals surface area contributed by atoms with Crippen molar-refractivity contribution in [3.63, 3.8) is 0 Å². The fraction of sp³-hybridized carbons (Fsp3) is 0.444. The van der Waals surface area contributed by atoms with E-state index < -0.39 is 23.4 Å². The molecule has 0 radical (unpaired) electrons. The van der Waals surface area contributed by atoms with Crippen molar-refractivity contribution >= 4 is 29.4 Å². The number of amides is 5. The van der Waals surface area contributed by atoms with Crippen LogP contribution in [0.2, 0.25) is 0 Å². The first-order chi connectivity index (χ1) is 12.3. The van der Waals surface area contributed by atoms with Crippen LogP contribution in [0.25, 0.3) is 0 Å². The number of anilines is 1. The number of imide groups is 1. The summed E-state index contributed by atoms with van der Waals surface area (Å²) in [5.74, 6) is -1.11. The molecule has 3 rings (SSSR count). The van der Waals surface area contributed by atoms with Crippen molar-refractivity contribution < 1.29 is 19.2 Å². The quantitative estimate of drug-likeness (QED) is 0.665. The molecule has 8 nitrogen and oxygen atoms in total. The number of hydrogen-bond donors (Lipinski definition) is 3. The van der Waals surface area contributed by atoms with E-state index in [1.807, 2.05) is 0 Å². The highest BCUT2D eigenvalue weighted by atomic mass is 16.2. The average Bonchev–Trinajstić information content (AvgIpc) is 3.39. The van der Waals surface area contributed by atoms with Crippen LogP contribution >= 0.6 is 0 Å². The number of carbonyl (C=O) groups excluding carboxylic acids is 4. The summed E-state index contributed by atoms with van der Waals surface area (Å²) in [6.07, 6.45) is 2.42. The molecule has 1 atom stereocenters. The van der Waals surface area contributed by atoms with Crippen molar-refractivity contribution in [2.75, 3.05) is 11.9 Å². The first-order valence-corrected chi connectivity index (χ1v) is 8.67. The number of benzene rings is 1.